The summed E-state index contributed by atoms with van der Waals surface area (Å²) in [6.45, 7) is 9.04. The summed E-state index contributed by atoms with van der Waals surface area (Å²) in [6, 6.07) is 29.5. The van der Waals surface area contributed by atoms with Gasteiger partial charge in [0, 0.05) is 148 Å². The number of nitrogens with one attached hydrogen (secondary N) is 3. The predicted molar refractivity (Wildman–Crippen MR) is 399 cm³/mol. The van der Waals surface area contributed by atoms with Crippen LogP contribution in [-0.2, 0) is 64.9 Å². The molecule has 0 bridgehead atoms. The number of nitrogens with zero attached hydrogens (tertiary/aromatic N) is 8. The number of hydrazine groups is 2. The third-order valence-electron chi connectivity index (χ3n) is 14.8. The van der Waals surface area contributed by atoms with E-state index < -0.39 is 67.0 Å². The molecule has 10 rings (SSSR count). The molecule has 556 valence electrons. The molecule has 8 aromatic rings. The largest absolute Gasteiger partial charge is 0.480 e. The van der Waals surface area contributed by atoms with E-state index in [0.29, 0.717) is 128 Å². The third kappa shape index (κ3) is 23.2. The maximum atomic E-state index is 13.4. The molecule has 0 unspecified atom stereocenters. The Kier molecular flexibility index (Phi) is 32.6. The second-order valence-electron chi connectivity index (χ2n) is 22.9. The number of carboxylic acid groups (broad SMARTS) is 2. The predicted octanol–water partition coefficient (Wildman–Crippen LogP) is 8.48. The van der Waals surface area contributed by atoms with Crippen molar-refractivity contribution in [2.75, 3.05) is 93.2 Å². The fourth-order valence-electron chi connectivity index (χ4n) is 9.71. The van der Waals surface area contributed by atoms with Crippen LogP contribution in [0.1, 0.15) is 91.9 Å². The molecule has 0 aliphatic carbocycles. The number of benzene rings is 4. The zero-order valence-corrected chi connectivity index (χ0v) is 64.3. The molecule has 0 radical (unpaired) electrons. The zero-order chi connectivity index (χ0) is 73.5. The SMILES string of the molecule is C.CCl.CN(c1cc2nc(-c3ccc(C#Cc4ccc(C(=O)N5CCOCC5)cc4Cl)cc3)cc(C(=O)NN)c2cn1)S(=O)(=O)CC(=O)O.CN(c1cc2nc(-c3ccc(C#Cc4ccc(C(=O)N5CCOCC5)cc4Cl)cc3)cc(C(=O)NNC(=O)OC(C)(C)C)c2cn1)S(=O)(=O)CC(=O)O.Cl.[CH3-].[W]. The quantitative estimate of drug-likeness (QED) is 0.0148. The molecule has 105 heavy (non-hydrogen) atoms. The van der Waals surface area contributed by atoms with Crippen molar-refractivity contribution in [2.24, 2.45) is 5.84 Å². The average molecular weight is 1730 g/mol. The van der Waals surface area contributed by atoms with E-state index in [2.05, 4.69) is 71.5 Å². The van der Waals surface area contributed by atoms with Crippen LogP contribution in [0, 0.1) is 31.1 Å². The minimum atomic E-state index is -4.29. The summed E-state index contributed by atoms with van der Waals surface area (Å²) in [6.07, 6.45) is 3.07. The molecule has 5 amide bonds. The van der Waals surface area contributed by atoms with Crippen LogP contribution in [0.5, 0.6) is 0 Å². The van der Waals surface area contributed by atoms with E-state index in [1.54, 1.807) is 116 Å². The van der Waals surface area contributed by atoms with Crippen molar-refractivity contribution in [1.29, 1.82) is 0 Å². The molecule has 2 aliphatic heterocycles. The first kappa shape index (κ1) is 87.8. The minimum Gasteiger partial charge on any atom is -0.480 e. The number of fused-ring (bicyclic) bond motifs is 2. The Balaban J connectivity index is 0.000000422. The topological polar surface area (TPSA) is 383 Å². The molecule has 4 aromatic heterocycles. The Morgan fingerprint density at radius 1 is 0.590 bits per heavy atom. The van der Waals surface area contributed by atoms with Gasteiger partial charge in [0.05, 0.1) is 70.0 Å². The normalized spacial score (nSPS) is 12.4. The van der Waals surface area contributed by atoms with E-state index in [0.717, 1.165) is 11.4 Å². The Labute approximate surface area is 642 Å². The fraction of sp³-hybridized carbons (Fsp3) is 0.257. The van der Waals surface area contributed by atoms with Crippen LogP contribution in [0.2, 0.25) is 10.0 Å². The van der Waals surface area contributed by atoms with Crippen molar-refractivity contribution in [2.45, 2.75) is 33.8 Å². The first-order valence-electron chi connectivity index (χ1n) is 30.2. The van der Waals surface area contributed by atoms with Gasteiger partial charge < -0.3 is 41.7 Å². The molecule has 35 heteroatoms. The number of amides is 5. The van der Waals surface area contributed by atoms with E-state index in [4.69, 9.17) is 53.5 Å². The van der Waals surface area contributed by atoms with E-state index in [1.165, 1.54) is 50.1 Å². The van der Waals surface area contributed by atoms with Gasteiger partial charge in [0.2, 0.25) is 20.0 Å². The number of rotatable bonds is 14. The van der Waals surface area contributed by atoms with Gasteiger partial charge in [-0.05, 0) is 93.6 Å². The molecule has 7 N–H and O–H groups in total. The fourth-order valence-corrected chi connectivity index (χ4v) is 11.9. The van der Waals surface area contributed by atoms with Gasteiger partial charge >= 0.3 is 18.0 Å². The van der Waals surface area contributed by atoms with Crippen molar-refractivity contribution >= 4 is 142 Å². The third-order valence-corrected chi connectivity index (χ3v) is 18.7. The van der Waals surface area contributed by atoms with Crippen LogP contribution < -0.4 is 30.7 Å². The Hall–Kier alpha value is -9.56. The molecule has 6 heterocycles. The monoisotopic (exact) mass is 1730 g/mol. The molecule has 2 fully saturated rings. The van der Waals surface area contributed by atoms with Gasteiger partial charge in [-0.3, -0.25) is 48.2 Å². The first-order valence-corrected chi connectivity index (χ1v) is 34.9. The summed E-state index contributed by atoms with van der Waals surface area (Å²) in [5, 5.41) is 19.2. The van der Waals surface area contributed by atoms with Crippen LogP contribution in [0.25, 0.3) is 44.3 Å². The van der Waals surface area contributed by atoms with Gasteiger partial charge in [-0.1, -0.05) is 78.6 Å². The van der Waals surface area contributed by atoms with Gasteiger partial charge in [0.1, 0.15) is 17.2 Å². The Bertz CT molecular complexity index is 4910. The van der Waals surface area contributed by atoms with Gasteiger partial charge in [-0.25, -0.2) is 52.8 Å². The number of pyridine rings is 4. The molecule has 2 saturated heterocycles. The maximum absolute atomic E-state index is 13.4. The number of ether oxygens (including phenoxy) is 3. The number of carbonyl (C=O) groups excluding carboxylic acids is 5. The van der Waals surface area contributed by atoms with Gasteiger partial charge in [0.15, 0.2) is 11.5 Å². The molecule has 4 aromatic carbocycles. The maximum Gasteiger partial charge on any atom is 0.426 e. The molecule has 0 spiro atoms. The standard InChI is InChI=1S/C36H35ClN6O9S.C31H27ClN6O7S.CH3Cl.CH4.CH3.ClH.W/c1-36(2,3)52-35(48)41-40-33(46)26-18-29(39-30-19-31(38-20-27(26)30)42(4)53(49,50)21-32(44)45)24-9-6-22(7-10-24)5-8-23-11-12-25(17-28(23)37)34(47)43-13-15-51-16-14-43;1-37(46(43,44)18-29(39)40)28-16-27-24(17-34-28)23(30(41)36-33)15-26(35-27)21-6-3-19(4-7-21)2-5-20-8-9-22(14-25(20)32)31(42)38-10-12-45-13-11-38;1-2;;;;/h6-7,9-12,17-20H,13-16,21H2,1-4H3,(H,40,46)(H,41,48)(H,44,45);3-4,6-9,14-17H,10-13,18,33H2,1H3,(H,36,41)(H,39,40);1H3;1H4;1H3;1H;/q;;;;-1;;. The van der Waals surface area contributed by atoms with Crippen molar-refractivity contribution in [3.63, 3.8) is 0 Å². The smallest absolute Gasteiger partial charge is 0.426 e. The van der Waals surface area contributed by atoms with Crippen LogP contribution in [0.4, 0.5) is 16.4 Å². The number of carboxylic acids is 2. The Morgan fingerprint density at radius 3 is 1.30 bits per heavy atom. The molecular weight excluding hydrogens is 1650 g/mol. The van der Waals surface area contributed by atoms with Crippen LogP contribution >= 0.6 is 47.2 Å². The van der Waals surface area contributed by atoms with Gasteiger partial charge in [-0.2, -0.15) is 0 Å². The van der Waals surface area contributed by atoms with E-state index >= 15 is 0 Å². The number of morpholine rings is 2. The number of nitrogens with two attached hydrogens (primary N) is 1. The number of alkyl halides is 1. The summed E-state index contributed by atoms with van der Waals surface area (Å²) >= 11 is 17.6. The minimum absolute atomic E-state index is 0. The van der Waals surface area contributed by atoms with Gasteiger partial charge in [0.25, 0.3) is 23.6 Å². The van der Waals surface area contributed by atoms with Gasteiger partial charge in [-0.15, -0.1) is 24.0 Å². The summed E-state index contributed by atoms with van der Waals surface area (Å²) in [5.41, 5.74) is 11.5. The number of hydrogen-bond donors (Lipinski definition) is 6. The average Bonchev–Trinajstić information content (AvgIpc) is 0.780. The zero-order valence-electron chi connectivity index (χ0n) is 56.6. The summed E-state index contributed by atoms with van der Waals surface area (Å²) in [5.74, 6) is 10.4. The van der Waals surface area contributed by atoms with E-state index in [-0.39, 0.29) is 99.3 Å². The number of sulfonamides is 2. The first-order chi connectivity index (χ1) is 48.0. The number of halogens is 4. The molecule has 2 aliphatic rings. The summed E-state index contributed by atoms with van der Waals surface area (Å²) in [4.78, 5) is 107. The second kappa shape index (κ2) is 39.0. The van der Waals surface area contributed by atoms with Crippen molar-refractivity contribution in [3.8, 4) is 46.2 Å². The van der Waals surface area contributed by atoms with Crippen LogP contribution in [0.15, 0.2) is 122 Å². The summed E-state index contributed by atoms with van der Waals surface area (Å²) < 4.78 is 67.4. The molecule has 28 nitrogen and oxygen atoms in total. The van der Waals surface area contributed by atoms with Crippen molar-refractivity contribution < 1.29 is 95.9 Å². The van der Waals surface area contributed by atoms with Crippen molar-refractivity contribution in [1.82, 2.24) is 46.0 Å². The molecular formula is C70H73Cl4N12O16S2W-. The number of nitrogen functional groups attached to an aromatic ring is 1. The molecule has 0 atom stereocenters. The Morgan fingerprint density at radius 2 is 0.962 bits per heavy atom. The number of hydrogen-bond acceptors (Lipinski definition) is 19. The van der Waals surface area contributed by atoms with Crippen LogP contribution in [0.3, 0.4) is 0 Å². The van der Waals surface area contributed by atoms with Crippen molar-refractivity contribution in [3.05, 3.63) is 184 Å². The number of carbonyl (C=O) groups is 7. The summed E-state index contributed by atoms with van der Waals surface area (Å²) in [7, 11) is -6.17. The van der Waals surface area contributed by atoms with Crippen LogP contribution in [-0.4, -0.2) is 189 Å². The number of aromatic nitrogens is 4. The molecule has 0 saturated carbocycles. The van der Waals surface area contributed by atoms with E-state index in [1.807, 2.05) is 0 Å². The number of anilines is 2. The van der Waals surface area contributed by atoms with E-state index in [9.17, 15) is 50.4 Å². The second-order valence-corrected chi connectivity index (χ2v) is 27.7. The number of aliphatic carboxylic acids is 2.